The zero-order chi connectivity index (χ0) is 12.4. The van der Waals surface area contributed by atoms with Gasteiger partial charge in [-0.25, -0.2) is 4.39 Å². The summed E-state index contributed by atoms with van der Waals surface area (Å²) in [5, 5.41) is 6.32. The van der Waals surface area contributed by atoms with E-state index in [0.717, 1.165) is 11.5 Å². The van der Waals surface area contributed by atoms with Crippen LogP contribution in [0.2, 0.25) is 0 Å². The number of hydrogen-bond acceptors (Lipinski definition) is 4. The van der Waals surface area contributed by atoms with Gasteiger partial charge in [-0.05, 0) is 52.6 Å². The molecule has 1 aromatic carbocycles. The molecule has 0 spiro atoms. The van der Waals surface area contributed by atoms with Crippen LogP contribution in [0.1, 0.15) is 15.4 Å². The Bertz CT molecular complexity index is 572. The standard InChI is InChI=1S/C10H7BrFN3OS/c1-5-9(17-15-14-5)10(16)13-6-2-3-7(11)8(12)4-6/h2-4H,1H3,(H,13,16). The maximum atomic E-state index is 13.2. The molecule has 0 aliphatic carbocycles. The molecular formula is C10H7BrFN3OS. The third-order valence-electron chi connectivity index (χ3n) is 2.04. The van der Waals surface area contributed by atoms with Gasteiger partial charge >= 0.3 is 0 Å². The minimum absolute atomic E-state index is 0.334. The molecule has 4 nitrogen and oxygen atoms in total. The second-order valence-electron chi connectivity index (χ2n) is 3.27. The minimum Gasteiger partial charge on any atom is -0.321 e. The lowest BCUT2D eigenvalue weighted by Crippen LogP contribution is -2.11. The molecule has 2 rings (SSSR count). The summed E-state index contributed by atoms with van der Waals surface area (Å²) in [7, 11) is 0. The van der Waals surface area contributed by atoms with Crippen LogP contribution >= 0.6 is 27.5 Å². The summed E-state index contributed by atoms with van der Waals surface area (Å²) in [4.78, 5) is 12.2. The van der Waals surface area contributed by atoms with Crippen molar-refractivity contribution in [1.82, 2.24) is 9.59 Å². The smallest absolute Gasteiger partial charge is 0.269 e. The van der Waals surface area contributed by atoms with Gasteiger partial charge in [0.25, 0.3) is 5.91 Å². The van der Waals surface area contributed by atoms with Gasteiger partial charge < -0.3 is 5.32 Å². The summed E-state index contributed by atoms with van der Waals surface area (Å²) in [6.07, 6.45) is 0. The van der Waals surface area contributed by atoms with E-state index >= 15 is 0 Å². The molecule has 1 heterocycles. The van der Waals surface area contributed by atoms with Crippen LogP contribution in [0.3, 0.4) is 0 Å². The van der Waals surface area contributed by atoms with Crippen LogP contribution in [0.5, 0.6) is 0 Å². The van der Waals surface area contributed by atoms with E-state index in [2.05, 4.69) is 30.8 Å². The number of aryl methyl sites for hydroxylation is 1. The number of rotatable bonds is 2. The third-order valence-corrected chi connectivity index (χ3v) is 3.51. The molecule has 0 aliphatic heterocycles. The van der Waals surface area contributed by atoms with E-state index in [0.29, 0.717) is 20.7 Å². The molecule has 0 radical (unpaired) electrons. The second kappa shape index (κ2) is 4.89. The molecule has 0 saturated carbocycles. The molecule has 0 atom stereocenters. The lowest BCUT2D eigenvalue weighted by molar-refractivity contribution is 0.103. The normalized spacial score (nSPS) is 10.3. The summed E-state index contributed by atoms with van der Waals surface area (Å²) in [5.74, 6) is -0.763. The number of carbonyl (C=O) groups excluding carboxylic acids is 1. The van der Waals surface area contributed by atoms with Gasteiger partial charge in [-0.15, -0.1) is 5.10 Å². The fraction of sp³-hybridized carbons (Fsp3) is 0.100. The van der Waals surface area contributed by atoms with Crippen LogP contribution < -0.4 is 5.32 Å². The topological polar surface area (TPSA) is 54.9 Å². The first-order chi connectivity index (χ1) is 8.08. The van der Waals surface area contributed by atoms with Gasteiger partial charge in [0.2, 0.25) is 0 Å². The van der Waals surface area contributed by atoms with Crippen LogP contribution in [0.4, 0.5) is 10.1 Å². The highest BCUT2D eigenvalue weighted by Crippen LogP contribution is 2.20. The molecule has 2 aromatic rings. The largest absolute Gasteiger partial charge is 0.321 e. The first kappa shape index (κ1) is 12.1. The monoisotopic (exact) mass is 315 g/mol. The summed E-state index contributed by atoms with van der Waals surface area (Å²) < 4.78 is 17.2. The van der Waals surface area contributed by atoms with Crippen LogP contribution in [-0.2, 0) is 0 Å². The first-order valence-corrected chi connectivity index (χ1v) is 6.20. The zero-order valence-electron chi connectivity index (χ0n) is 8.70. The summed E-state index contributed by atoms with van der Waals surface area (Å²) >= 11 is 4.05. The van der Waals surface area contributed by atoms with Crippen LogP contribution in [0.15, 0.2) is 22.7 Å². The molecule has 17 heavy (non-hydrogen) atoms. The van der Waals surface area contributed by atoms with Crippen molar-refractivity contribution < 1.29 is 9.18 Å². The van der Waals surface area contributed by atoms with E-state index in [1.54, 1.807) is 13.0 Å². The highest BCUT2D eigenvalue weighted by molar-refractivity contribution is 9.10. The van der Waals surface area contributed by atoms with Gasteiger partial charge in [-0.1, -0.05) is 4.49 Å². The van der Waals surface area contributed by atoms with Gasteiger partial charge in [-0.3, -0.25) is 4.79 Å². The Morgan fingerprint density at radius 1 is 1.53 bits per heavy atom. The SMILES string of the molecule is Cc1nnsc1C(=O)Nc1ccc(Br)c(F)c1. The van der Waals surface area contributed by atoms with Crippen LogP contribution in [0.25, 0.3) is 0 Å². The van der Waals surface area contributed by atoms with Crippen molar-refractivity contribution in [2.45, 2.75) is 6.92 Å². The summed E-state index contributed by atoms with van der Waals surface area (Å²) in [5.41, 5.74) is 0.952. The Morgan fingerprint density at radius 2 is 2.29 bits per heavy atom. The number of nitrogens with one attached hydrogen (secondary N) is 1. The molecular weight excluding hydrogens is 309 g/mol. The number of hydrogen-bond donors (Lipinski definition) is 1. The van der Waals surface area contributed by atoms with Crippen molar-refractivity contribution >= 4 is 39.1 Å². The van der Waals surface area contributed by atoms with Crippen molar-refractivity contribution in [2.75, 3.05) is 5.32 Å². The van der Waals surface area contributed by atoms with Gasteiger partial charge in [-0.2, -0.15) is 0 Å². The highest BCUT2D eigenvalue weighted by Gasteiger charge is 2.13. The summed E-state index contributed by atoms with van der Waals surface area (Å²) in [6, 6.07) is 4.38. The number of aromatic nitrogens is 2. The maximum Gasteiger partial charge on any atom is 0.269 e. The lowest BCUT2D eigenvalue weighted by Gasteiger charge is -2.04. The molecule has 7 heteroatoms. The molecule has 1 aromatic heterocycles. The van der Waals surface area contributed by atoms with E-state index < -0.39 is 5.82 Å². The van der Waals surface area contributed by atoms with Crippen molar-refractivity contribution in [2.24, 2.45) is 0 Å². The average Bonchev–Trinajstić information content (AvgIpc) is 2.70. The Labute approximate surface area is 109 Å². The highest BCUT2D eigenvalue weighted by atomic mass is 79.9. The molecule has 1 amide bonds. The predicted molar refractivity (Wildman–Crippen MR) is 66.7 cm³/mol. The van der Waals surface area contributed by atoms with Gasteiger partial charge in [0.05, 0.1) is 10.2 Å². The van der Waals surface area contributed by atoms with Crippen LogP contribution in [0, 0.1) is 12.7 Å². The third kappa shape index (κ3) is 2.67. The minimum atomic E-state index is -0.429. The van der Waals surface area contributed by atoms with Crippen molar-refractivity contribution in [3.05, 3.63) is 39.1 Å². The fourth-order valence-electron chi connectivity index (χ4n) is 1.20. The number of nitrogens with zero attached hydrogens (tertiary/aromatic N) is 2. The maximum absolute atomic E-state index is 13.2. The number of carbonyl (C=O) groups is 1. The Balaban J connectivity index is 2.19. The zero-order valence-corrected chi connectivity index (χ0v) is 11.1. The molecule has 1 N–H and O–H groups in total. The van der Waals surface area contributed by atoms with E-state index in [1.165, 1.54) is 12.1 Å². The quantitative estimate of drug-likeness (QED) is 0.926. The number of anilines is 1. The van der Waals surface area contributed by atoms with E-state index in [9.17, 15) is 9.18 Å². The van der Waals surface area contributed by atoms with Gasteiger partial charge in [0.15, 0.2) is 0 Å². The van der Waals surface area contributed by atoms with E-state index in [1.807, 2.05) is 0 Å². The van der Waals surface area contributed by atoms with Gasteiger partial charge in [0, 0.05) is 5.69 Å². The van der Waals surface area contributed by atoms with Crippen molar-refractivity contribution in [3.63, 3.8) is 0 Å². The fourth-order valence-corrected chi connectivity index (χ4v) is 2.00. The van der Waals surface area contributed by atoms with Crippen molar-refractivity contribution in [1.29, 1.82) is 0 Å². The lowest BCUT2D eigenvalue weighted by atomic mass is 10.3. The van der Waals surface area contributed by atoms with Crippen molar-refractivity contribution in [3.8, 4) is 0 Å². The molecule has 88 valence electrons. The Morgan fingerprint density at radius 3 is 2.88 bits per heavy atom. The molecule has 0 bridgehead atoms. The Hall–Kier alpha value is -1.34. The number of halogens is 2. The molecule has 0 saturated heterocycles. The first-order valence-electron chi connectivity index (χ1n) is 4.63. The summed E-state index contributed by atoms with van der Waals surface area (Å²) in [6.45, 7) is 1.70. The average molecular weight is 316 g/mol. The Kier molecular flexibility index (Phi) is 3.49. The molecule has 0 unspecified atom stereocenters. The number of benzene rings is 1. The molecule has 0 aliphatic rings. The molecule has 0 fully saturated rings. The predicted octanol–water partition coefficient (Wildman–Crippen LogP) is 3.00. The number of amides is 1. The van der Waals surface area contributed by atoms with E-state index in [4.69, 9.17) is 0 Å². The van der Waals surface area contributed by atoms with Crippen LogP contribution in [-0.4, -0.2) is 15.5 Å². The second-order valence-corrected chi connectivity index (χ2v) is 4.88. The van der Waals surface area contributed by atoms with Gasteiger partial charge in [0.1, 0.15) is 10.7 Å². The van der Waals surface area contributed by atoms with E-state index in [-0.39, 0.29) is 5.91 Å².